The minimum atomic E-state index is -0.111. The van der Waals surface area contributed by atoms with Gasteiger partial charge >= 0.3 is 0 Å². The molecule has 0 spiro atoms. The van der Waals surface area contributed by atoms with E-state index >= 15 is 0 Å². The van der Waals surface area contributed by atoms with Gasteiger partial charge in [0.15, 0.2) is 10.8 Å². The molecule has 0 saturated heterocycles. The molecule has 2 aromatic carbocycles. The summed E-state index contributed by atoms with van der Waals surface area (Å²) in [4.78, 5) is 12.3. The Morgan fingerprint density at radius 2 is 1.83 bits per heavy atom. The number of para-hydroxylation sites is 1. The lowest BCUT2D eigenvalue weighted by Crippen LogP contribution is -2.14. The second-order valence-electron chi connectivity index (χ2n) is 6.52. The first-order chi connectivity index (χ1) is 14.7. The molecule has 0 fully saturated rings. The van der Waals surface area contributed by atoms with Gasteiger partial charge in [-0.3, -0.25) is 9.20 Å². The Morgan fingerprint density at radius 1 is 1.03 bits per heavy atom. The Labute approximate surface area is 184 Å². The van der Waals surface area contributed by atoms with Crippen molar-refractivity contribution in [3.8, 4) is 11.3 Å². The number of halogens is 1. The molecule has 148 valence electrons. The van der Waals surface area contributed by atoms with Gasteiger partial charge in [0, 0.05) is 22.4 Å². The van der Waals surface area contributed by atoms with Crippen LogP contribution < -0.4 is 5.32 Å². The van der Waals surface area contributed by atoms with Crippen LogP contribution in [0.4, 0.5) is 5.69 Å². The number of nitrogens with zero attached hydrogens (tertiary/aromatic N) is 5. The number of aromatic nitrogens is 5. The third-order valence-corrected chi connectivity index (χ3v) is 6.17. The molecule has 0 saturated carbocycles. The fraction of sp³-hybridized carbons (Fsp3) is 0.0476. The normalized spacial score (nSPS) is 11.2. The fourth-order valence-electron chi connectivity index (χ4n) is 3.12. The zero-order valence-corrected chi connectivity index (χ0v) is 18.0. The van der Waals surface area contributed by atoms with E-state index in [1.165, 1.54) is 11.8 Å². The van der Waals surface area contributed by atoms with E-state index in [0.29, 0.717) is 10.8 Å². The summed E-state index contributed by atoms with van der Waals surface area (Å²) in [5, 5.41) is 16.8. The van der Waals surface area contributed by atoms with Gasteiger partial charge in [0.25, 0.3) is 0 Å². The van der Waals surface area contributed by atoms with Crippen molar-refractivity contribution in [2.75, 3.05) is 11.1 Å². The molecule has 0 atom stereocenters. The van der Waals surface area contributed by atoms with Gasteiger partial charge in [-0.2, -0.15) is 5.10 Å². The molecular weight excluding hydrogens is 464 g/mol. The van der Waals surface area contributed by atoms with Gasteiger partial charge in [-0.25, -0.2) is 4.52 Å². The monoisotopic (exact) mass is 478 g/mol. The van der Waals surface area contributed by atoms with Crippen LogP contribution in [0.25, 0.3) is 22.4 Å². The van der Waals surface area contributed by atoms with Crippen LogP contribution in [0.15, 0.2) is 82.7 Å². The summed E-state index contributed by atoms with van der Waals surface area (Å²) in [5.74, 6) is 0.113. The highest BCUT2D eigenvalue weighted by atomic mass is 79.9. The van der Waals surface area contributed by atoms with E-state index in [2.05, 4.69) is 36.5 Å². The van der Waals surface area contributed by atoms with Gasteiger partial charge < -0.3 is 5.32 Å². The highest BCUT2D eigenvalue weighted by Crippen LogP contribution is 2.25. The van der Waals surface area contributed by atoms with Crippen LogP contribution in [0.2, 0.25) is 0 Å². The van der Waals surface area contributed by atoms with Crippen LogP contribution >= 0.6 is 27.7 Å². The molecule has 0 radical (unpaired) electrons. The molecule has 1 amide bonds. The van der Waals surface area contributed by atoms with Crippen molar-refractivity contribution in [3.05, 3.63) is 77.5 Å². The number of carbonyl (C=O) groups is 1. The Kier molecular flexibility index (Phi) is 4.97. The van der Waals surface area contributed by atoms with Crippen LogP contribution in [0.1, 0.15) is 0 Å². The van der Waals surface area contributed by atoms with Crippen molar-refractivity contribution < 1.29 is 4.79 Å². The summed E-state index contributed by atoms with van der Waals surface area (Å²) in [5.41, 5.74) is 4.20. The van der Waals surface area contributed by atoms with Crippen molar-refractivity contribution >= 4 is 50.5 Å². The number of amides is 1. The first-order valence-corrected chi connectivity index (χ1v) is 10.9. The van der Waals surface area contributed by atoms with Gasteiger partial charge in [-0.15, -0.1) is 10.2 Å². The molecule has 5 rings (SSSR count). The highest BCUT2D eigenvalue weighted by molar-refractivity contribution is 9.10. The number of hydrogen-bond acceptors (Lipinski definition) is 5. The number of rotatable bonds is 5. The summed E-state index contributed by atoms with van der Waals surface area (Å²) in [6.45, 7) is 0. The first-order valence-electron chi connectivity index (χ1n) is 9.15. The number of anilines is 1. The minimum absolute atomic E-state index is 0.111. The predicted molar refractivity (Wildman–Crippen MR) is 121 cm³/mol. The fourth-order valence-corrected chi connectivity index (χ4v) is 4.22. The third kappa shape index (κ3) is 3.57. The van der Waals surface area contributed by atoms with E-state index in [9.17, 15) is 4.79 Å². The molecule has 0 unspecified atom stereocenters. The third-order valence-electron chi connectivity index (χ3n) is 4.54. The molecule has 0 aliphatic carbocycles. The molecule has 7 nitrogen and oxygen atoms in total. The van der Waals surface area contributed by atoms with E-state index in [0.717, 1.165) is 26.9 Å². The van der Waals surface area contributed by atoms with E-state index in [1.807, 2.05) is 77.5 Å². The number of nitrogens with one attached hydrogen (secondary N) is 1. The average molecular weight is 479 g/mol. The summed E-state index contributed by atoms with van der Waals surface area (Å²) in [6.07, 6.45) is 3.72. The van der Waals surface area contributed by atoms with E-state index in [-0.39, 0.29) is 11.7 Å². The lowest BCUT2D eigenvalue weighted by molar-refractivity contribution is -0.113. The average Bonchev–Trinajstić information content (AvgIpc) is 3.38. The number of fused-ring (bicyclic) bond motifs is 3. The van der Waals surface area contributed by atoms with Crippen molar-refractivity contribution in [2.45, 2.75) is 5.16 Å². The summed E-state index contributed by atoms with van der Waals surface area (Å²) >= 11 is 4.77. The number of carbonyl (C=O) groups excluding carboxylic acids is 1. The maximum atomic E-state index is 12.3. The van der Waals surface area contributed by atoms with Crippen LogP contribution in [0.5, 0.6) is 0 Å². The van der Waals surface area contributed by atoms with Gasteiger partial charge in [-0.1, -0.05) is 54.2 Å². The van der Waals surface area contributed by atoms with Crippen molar-refractivity contribution in [2.24, 2.45) is 0 Å². The molecule has 3 aromatic heterocycles. The second kappa shape index (κ2) is 7.92. The molecule has 0 bridgehead atoms. The van der Waals surface area contributed by atoms with Crippen molar-refractivity contribution in [3.63, 3.8) is 0 Å². The standard InChI is InChI=1S/C21H15BrN6OS/c22-15-8-4-5-9-16(15)23-19(29)13-30-21-25-24-20-18-12-17(14-6-2-1-3-7-14)26-28(18)11-10-27(20)21/h1-12H,13H2,(H,23,29). The Hall–Kier alpha value is -3.17. The molecular formula is C21H15BrN6OS. The van der Waals surface area contributed by atoms with Crippen LogP contribution in [-0.2, 0) is 4.79 Å². The zero-order chi connectivity index (χ0) is 20.5. The lowest BCUT2D eigenvalue weighted by Gasteiger charge is -2.06. The molecule has 9 heteroatoms. The molecule has 0 aliphatic heterocycles. The maximum Gasteiger partial charge on any atom is 0.234 e. The van der Waals surface area contributed by atoms with Crippen molar-refractivity contribution in [1.29, 1.82) is 0 Å². The van der Waals surface area contributed by atoms with Crippen molar-refractivity contribution in [1.82, 2.24) is 24.2 Å². The SMILES string of the molecule is O=C(CSc1nnc2c3cc(-c4ccccc4)nn3ccn12)Nc1ccccc1Br. The number of hydrogen-bond donors (Lipinski definition) is 1. The summed E-state index contributed by atoms with van der Waals surface area (Å²) in [7, 11) is 0. The predicted octanol–water partition coefficient (Wildman–Crippen LogP) is 4.54. The molecule has 0 aliphatic rings. The molecule has 5 aromatic rings. The highest BCUT2D eigenvalue weighted by Gasteiger charge is 2.14. The molecule has 30 heavy (non-hydrogen) atoms. The Bertz CT molecular complexity index is 1360. The Morgan fingerprint density at radius 3 is 2.67 bits per heavy atom. The molecule has 3 heterocycles. The van der Waals surface area contributed by atoms with Crippen LogP contribution in [-0.4, -0.2) is 35.9 Å². The zero-order valence-electron chi connectivity index (χ0n) is 15.6. The summed E-state index contributed by atoms with van der Waals surface area (Å²) in [6, 6.07) is 19.5. The van der Waals surface area contributed by atoms with Gasteiger partial charge in [0.05, 0.1) is 17.1 Å². The first kappa shape index (κ1) is 18.8. The Balaban J connectivity index is 1.38. The number of benzene rings is 2. The van der Waals surface area contributed by atoms with Gasteiger partial charge in [0.2, 0.25) is 5.91 Å². The lowest BCUT2D eigenvalue weighted by atomic mass is 10.1. The maximum absolute atomic E-state index is 12.3. The smallest absolute Gasteiger partial charge is 0.234 e. The van der Waals surface area contributed by atoms with Crippen LogP contribution in [0.3, 0.4) is 0 Å². The van der Waals surface area contributed by atoms with Crippen LogP contribution in [0, 0.1) is 0 Å². The van der Waals surface area contributed by atoms with Gasteiger partial charge in [-0.05, 0) is 34.1 Å². The number of thioether (sulfide) groups is 1. The largest absolute Gasteiger partial charge is 0.324 e. The second-order valence-corrected chi connectivity index (χ2v) is 8.31. The van der Waals surface area contributed by atoms with Gasteiger partial charge in [0.1, 0.15) is 5.52 Å². The van der Waals surface area contributed by atoms with E-state index in [4.69, 9.17) is 0 Å². The topological polar surface area (TPSA) is 76.6 Å². The molecule has 1 N–H and O–H groups in total. The minimum Gasteiger partial charge on any atom is -0.324 e. The summed E-state index contributed by atoms with van der Waals surface area (Å²) < 4.78 is 4.51. The van der Waals surface area contributed by atoms with E-state index in [1.54, 1.807) is 4.52 Å². The van der Waals surface area contributed by atoms with E-state index < -0.39 is 0 Å². The quantitative estimate of drug-likeness (QED) is 0.375.